The average Bonchev–Trinajstić information content (AvgIpc) is 2.95. The maximum absolute atomic E-state index is 12.0. The van der Waals surface area contributed by atoms with E-state index in [9.17, 15) is 9.90 Å². The molecule has 1 aromatic carbocycles. The van der Waals surface area contributed by atoms with E-state index < -0.39 is 0 Å². The number of hydrazone groups is 1. The number of aryl methyl sites for hydroxylation is 1. The monoisotopic (exact) mass is 361 g/mol. The maximum Gasteiger partial charge on any atom is 0.287 e. The van der Waals surface area contributed by atoms with Crippen molar-refractivity contribution in [2.45, 2.75) is 26.2 Å². The second-order valence-electron chi connectivity index (χ2n) is 5.34. The first-order valence-corrected chi connectivity index (χ1v) is 7.88. The molecule has 1 amide bonds. The lowest BCUT2D eigenvalue weighted by atomic mass is 9.86. The Kier molecular flexibility index (Phi) is 4.02. The fourth-order valence-electron chi connectivity index (χ4n) is 2.73. The number of H-pyrrole nitrogens is 1. The molecule has 0 spiro atoms. The number of phenols is 1. The summed E-state index contributed by atoms with van der Waals surface area (Å²) < 4.78 is 0.807. The van der Waals surface area contributed by atoms with E-state index in [1.165, 1.54) is 0 Å². The zero-order valence-corrected chi connectivity index (χ0v) is 13.7. The summed E-state index contributed by atoms with van der Waals surface area (Å²) in [5.41, 5.74) is 6.72. The molecule has 3 rings (SSSR count). The standard InChI is InChI=1S/C16H16BrN3O2/c1-9-5-6-14(21)15-11(9)3-2-4-12(15)19-20-16(22)13-7-10(17)8-18-13/h5-8,18,21H,2-4H2,1H3,(H,20,22)/b19-12+. The Hall–Kier alpha value is -2.08. The van der Waals surface area contributed by atoms with Crippen molar-refractivity contribution < 1.29 is 9.90 Å². The molecule has 1 aliphatic rings. The minimum Gasteiger partial charge on any atom is -0.507 e. The molecule has 3 N–H and O–H groups in total. The lowest BCUT2D eigenvalue weighted by Gasteiger charge is -2.20. The Bertz CT molecular complexity index is 765. The van der Waals surface area contributed by atoms with Crippen LogP contribution in [0.5, 0.6) is 5.75 Å². The number of nitrogens with one attached hydrogen (secondary N) is 2. The van der Waals surface area contributed by atoms with Gasteiger partial charge in [0.1, 0.15) is 11.4 Å². The molecular weight excluding hydrogens is 346 g/mol. The summed E-state index contributed by atoms with van der Waals surface area (Å²) in [5.74, 6) is -0.0895. The van der Waals surface area contributed by atoms with Crippen molar-refractivity contribution in [3.63, 3.8) is 0 Å². The van der Waals surface area contributed by atoms with Gasteiger partial charge in [-0.1, -0.05) is 6.07 Å². The summed E-state index contributed by atoms with van der Waals surface area (Å²) in [5, 5.41) is 14.4. The number of phenolic OH excluding ortho intramolecular Hbond substituents is 1. The predicted octanol–water partition coefficient (Wildman–Crippen LogP) is 3.26. The molecule has 0 saturated heterocycles. The van der Waals surface area contributed by atoms with E-state index in [1.54, 1.807) is 18.3 Å². The molecule has 5 nitrogen and oxygen atoms in total. The summed E-state index contributed by atoms with van der Waals surface area (Å²) in [6.07, 6.45) is 4.30. The van der Waals surface area contributed by atoms with E-state index in [-0.39, 0.29) is 11.7 Å². The van der Waals surface area contributed by atoms with Crippen LogP contribution in [-0.2, 0) is 6.42 Å². The molecule has 0 radical (unpaired) electrons. The average molecular weight is 362 g/mol. The number of benzene rings is 1. The van der Waals surface area contributed by atoms with Gasteiger partial charge in [0.05, 0.1) is 5.71 Å². The largest absolute Gasteiger partial charge is 0.507 e. The molecule has 22 heavy (non-hydrogen) atoms. The molecule has 0 bridgehead atoms. The summed E-state index contributed by atoms with van der Waals surface area (Å²) in [6.45, 7) is 2.02. The number of carbonyl (C=O) groups excluding carboxylic acids is 1. The highest BCUT2D eigenvalue weighted by Crippen LogP contribution is 2.31. The van der Waals surface area contributed by atoms with Crippen LogP contribution in [0, 0.1) is 6.92 Å². The van der Waals surface area contributed by atoms with E-state index in [0.717, 1.165) is 46.1 Å². The van der Waals surface area contributed by atoms with Gasteiger partial charge in [0, 0.05) is 16.2 Å². The molecule has 0 unspecified atom stereocenters. The number of rotatable bonds is 2. The molecule has 0 aliphatic heterocycles. The number of hydrogen-bond acceptors (Lipinski definition) is 3. The Balaban J connectivity index is 1.88. The SMILES string of the molecule is Cc1ccc(O)c2c1CCC/C2=N\NC(=O)c1cc(Br)c[nH]1. The topological polar surface area (TPSA) is 77.5 Å². The first-order valence-electron chi connectivity index (χ1n) is 7.09. The molecule has 1 aliphatic carbocycles. The van der Waals surface area contributed by atoms with E-state index in [0.29, 0.717) is 5.69 Å². The minimum atomic E-state index is -0.308. The van der Waals surface area contributed by atoms with Crippen LogP contribution in [0.3, 0.4) is 0 Å². The van der Waals surface area contributed by atoms with E-state index in [2.05, 4.69) is 31.4 Å². The highest BCUT2D eigenvalue weighted by molar-refractivity contribution is 9.10. The molecule has 1 heterocycles. The third kappa shape index (κ3) is 2.78. The number of halogens is 1. The third-order valence-corrected chi connectivity index (χ3v) is 4.30. The zero-order chi connectivity index (χ0) is 15.7. The molecule has 0 atom stereocenters. The highest BCUT2D eigenvalue weighted by atomic mass is 79.9. The zero-order valence-electron chi connectivity index (χ0n) is 12.1. The molecular formula is C16H16BrN3O2. The molecule has 1 aromatic heterocycles. The summed E-state index contributed by atoms with van der Waals surface area (Å²) in [6, 6.07) is 5.27. The van der Waals surface area contributed by atoms with Crippen LogP contribution in [0.4, 0.5) is 0 Å². The van der Waals surface area contributed by atoms with Crippen molar-refractivity contribution >= 4 is 27.5 Å². The van der Waals surface area contributed by atoms with E-state index >= 15 is 0 Å². The maximum atomic E-state index is 12.0. The van der Waals surface area contributed by atoms with Gasteiger partial charge in [0.15, 0.2) is 0 Å². The van der Waals surface area contributed by atoms with Crippen LogP contribution in [0.15, 0.2) is 34.0 Å². The number of amides is 1. The van der Waals surface area contributed by atoms with Gasteiger partial charge >= 0.3 is 0 Å². The lowest BCUT2D eigenvalue weighted by molar-refractivity contribution is 0.0950. The Labute approximate surface area is 136 Å². The number of aromatic nitrogens is 1. The van der Waals surface area contributed by atoms with Crippen molar-refractivity contribution in [3.05, 3.63) is 51.3 Å². The fraction of sp³-hybridized carbons (Fsp3) is 0.250. The molecule has 0 saturated carbocycles. The normalized spacial score (nSPS) is 15.6. The Morgan fingerprint density at radius 3 is 2.95 bits per heavy atom. The number of aromatic amines is 1. The summed E-state index contributed by atoms with van der Waals surface area (Å²) in [7, 11) is 0. The molecule has 114 valence electrons. The quantitative estimate of drug-likeness (QED) is 0.717. The molecule has 6 heteroatoms. The first kappa shape index (κ1) is 14.8. The number of carbonyl (C=O) groups is 1. The molecule has 0 fully saturated rings. The van der Waals surface area contributed by atoms with Gasteiger partial charge in [0.25, 0.3) is 5.91 Å². The van der Waals surface area contributed by atoms with Crippen molar-refractivity contribution in [3.8, 4) is 5.75 Å². The predicted molar refractivity (Wildman–Crippen MR) is 88.3 cm³/mol. The Morgan fingerprint density at radius 1 is 1.41 bits per heavy atom. The van der Waals surface area contributed by atoms with Gasteiger partial charge in [-0.25, -0.2) is 5.43 Å². The van der Waals surface area contributed by atoms with E-state index in [1.807, 2.05) is 13.0 Å². The van der Waals surface area contributed by atoms with Crippen molar-refractivity contribution in [1.29, 1.82) is 0 Å². The van der Waals surface area contributed by atoms with E-state index in [4.69, 9.17) is 0 Å². The van der Waals surface area contributed by atoms with Gasteiger partial charge in [-0.2, -0.15) is 5.10 Å². The summed E-state index contributed by atoms with van der Waals surface area (Å²) >= 11 is 3.29. The summed E-state index contributed by atoms with van der Waals surface area (Å²) in [4.78, 5) is 14.9. The van der Waals surface area contributed by atoms with Crippen LogP contribution < -0.4 is 5.43 Å². The second-order valence-corrected chi connectivity index (χ2v) is 6.26. The minimum absolute atomic E-state index is 0.218. The fourth-order valence-corrected chi connectivity index (χ4v) is 3.07. The van der Waals surface area contributed by atoms with Gasteiger partial charge in [-0.3, -0.25) is 4.79 Å². The third-order valence-electron chi connectivity index (χ3n) is 3.84. The van der Waals surface area contributed by atoms with Crippen molar-refractivity contribution in [2.75, 3.05) is 0 Å². The Morgan fingerprint density at radius 2 is 2.23 bits per heavy atom. The van der Waals surface area contributed by atoms with Crippen LogP contribution in [0.25, 0.3) is 0 Å². The van der Waals surface area contributed by atoms with Gasteiger partial charge < -0.3 is 10.1 Å². The highest BCUT2D eigenvalue weighted by Gasteiger charge is 2.21. The van der Waals surface area contributed by atoms with Gasteiger partial charge in [-0.05, 0) is 65.4 Å². The number of fused-ring (bicyclic) bond motifs is 1. The van der Waals surface area contributed by atoms with Crippen molar-refractivity contribution in [1.82, 2.24) is 10.4 Å². The number of aromatic hydroxyl groups is 1. The number of hydrogen-bond donors (Lipinski definition) is 3. The smallest absolute Gasteiger partial charge is 0.287 e. The van der Waals surface area contributed by atoms with Gasteiger partial charge in [0.2, 0.25) is 0 Å². The second kappa shape index (κ2) is 5.96. The lowest BCUT2D eigenvalue weighted by Crippen LogP contribution is -2.22. The van der Waals surface area contributed by atoms with Crippen LogP contribution in [0.1, 0.15) is 40.0 Å². The van der Waals surface area contributed by atoms with Crippen molar-refractivity contribution in [2.24, 2.45) is 5.10 Å². The van der Waals surface area contributed by atoms with Gasteiger partial charge in [-0.15, -0.1) is 0 Å². The van der Waals surface area contributed by atoms with Crippen LogP contribution in [-0.4, -0.2) is 21.7 Å². The number of nitrogens with zero attached hydrogens (tertiary/aromatic N) is 1. The molecule has 2 aromatic rings. The van der Waals surface area contributed by atoms with Crippen LogP contribution >= 0.6 is 15.9 Å². The van der Waals surface area contributed by atoms with Crippen LogP contribution in [0.2, 0.25) is 0 Å². The first-order chi connectivity index (χ1) is 10.6.